The molecule has 16 heavy (non-hydrogen) atoms. The topological polar surface area (TPSA) is 75.4 Å². The number of hydrogen-bond acceptors (Lipinski definition) is 3. The highest BCUT2D eigenvalue weighted by molar-refractivity contribution is 5.75. The zero-order valence-electron chi connectivity index (χ0n) is 9.95. The van der Waals surface area contributed by atoms with Crippen LogP contribution >= 0.6 is 0 Å². The zero-order chi connectivity index (χ0) is 11.8. The van der Waals surface area contributed by atoms with Crippen molar-refractivity contribution in [2.75, 3.05) is 13.1 Å². The summed E-state index contributed by atoms with van der Waals surface area (Å²) in [6.07, 6.45) is 6.11. The standard InChI is InChI=1S/C12H24N2O2/c13-8-2-1-3-12(16)14-9-10-4-6-11(15)7-5-10/h10-11,15H,1-9,13H2,(H,14,16). The van der Waals surface area contributed by atoms with Crippen LogP contribution in [0.2, 0.25) is 0 Å². The summed E-state index contributed by atoms with van der Waals surface area (Å²) in [5, 5.41) is 12.3. The number of unbranched alkanes of at least 4 members (excludes halogenated alkanes) is 1. The van der Waals surface area contributed by atoms with E-state index >= 15 is 0 Å². The van der Waals surface area contributed by atoms with Gasteiger partial charge in [-0.15, -0.1) is 0 Å². The van der Waals surface area contributed by atoms with Gasteiger partial charge in [-0.3, -0.25) is 4.79 Å². The molecule has 1 amide bonds. The van der Waals surface area contributed by atoms with Crippen molar-refractivity contribution < 1.29 is 9.90 Å². The Morgan fingerprint density at radius 3 is 2.56 bits per heavy atom. The van der Waals surface area contributed by atoms with Gasteiger partial charge >= 0.3 is 0 Å². The van der Waals surface area contributed by atoms with E-state index in [1.54, 1.807) is 0 Å². The number of nitrogens with two attached hydrogens (primary N) is 1. The van der Waals surface area contributed by atoms with Gasteiger partial charge in [-0.25, -0.2) is 0 Å². The molecule has 1 saturated carbocycles. The van der Waals surface area contributed by atoms with Crippen LogP contribution < -0.4 is 11.1 Å². The summed E-state index contributed by atoms with van der Waals surface area (Å²) in [5.41, 5.74) is 5.36. The number of carbonyl (C=O) groups excluding carboxylic acids is 1. The van der Waals surface area contributed by atoms with Gasteiger partial charge in [0.05, 0.1) is 6.10 Å². The van der Waals surface area contributed by atoms with E-state index < -0.39 is 0 Å². The first-order valence-corrected chi connectivity index (χ1v) is 6.37. The van der Waals surface area contributed by atoms with E-state index in [0.29, 0.717) is 18.9 Å². The lowest BCUT2D eigenvalue weighted by molar-refractivity contribution is -0.121. The molecule has 0 saturated heterocycles. The number of rotatable bonds is 6. The van der Waals surface area contributed by atoms with Gasteiger partial charge < -0.3 is 16.2 Å². The first-order valence-electron chi connectivity index (χ1n) is 6.37. The molecular weight excluding hydrogens is 204 g/mol. The summed E-state index contributed by atoms with van der Waals surface area (Å²) in [5.74, 6) is 0.696. The van der Waals surface area contributed by atoms with Crippen LogP contribution in [0.15, 0.2) is 0 Å². The van der Waals surface area contributed by atoms with Crippen molar-refractivity contribution >= 4 is 5.91 Å². The van der Waals surface area contributed by atoms with E-state index in [-0.39, 0.29) is 12.0 Å². The molecule has 0 heterocycles. The molecule has 0 atom stereocenters. The van der Waals surface area contributed by atoms with Crippen molar-refractivity contribution in [1.29, 1.82) is 0 Å². The first kappa shape index (κ1) is 13.5. The first-order chi connectivity index (χ1) is 7.72. The lowest BCUT2D eigenvalue weighted by atomic mass is 9.87. The molecule has 1 aliphatic carbocycles. The largest absolute Gasteiger partial charge is 0.393 e. The normalized spacial score (nSPS) is 25.4. The van der Waals surface area contributed by atoms with Crippen molar-refractivity contribution in [3.63, 3.8) is 0 Å². The Morgan fingerprint density at radius 1 is 1.25 bits per heavy atom. The molecule has 4 nitrogen and oxygen atoms in total. The highest BCUT2D eigenvalue weighted by atomic mass is 16.3. The average Bonchev–Trinajstić information content (AvgIpc) is 2.29. The predicted octanol–water partition coefficient (Wildman–Crippen LogP) is 0.783. The molecular formula is C12H24N2O2. The molecule has 4 heteroatoms. The molecule has 1 rings (SSSR count). The van der Waals surface area contributed by atoms with Gasteiger partial charge in [0.2, 0.25) is 5.91 Å². The van der Waals surface area contributed by atoms with Gasteiger partial charge in [0.15, 0.2) is 0 Å². The van der Waals surface area contributed by atoms with Crippen LogP contribution in [0, 0.1) is 5.92 Å². The monoisotopic (exact) mass is 228 g/mol. The predicted molar refractivity (Wildman–Crippen MR) is 63.9 cm³/mol. The fourth-order valence-electron chi connectivity index (χ4n) is 2.13. The lowest BCUT2D eigenvalue weighted by Gasteiger charge is -2.25. The Bertz CT molecular complexity index is 201. The third kappa shape index (κ3) is 5.47. The summed E-state index contributed by atoms with van der Waals surface area (Å²) in [7, 11) is 0. The highest BCUT2D eigenvalue weighted by Crippen LogP contribution is 2.23. The molecule has 94 valence electrons. The van der Waals surface area contributed by atoms with Crippen molar-refractivity contribution in [2.24, 2.45) is 11.7 Å². The zero-order valence-corrected chi connectivity index (χ0v) is 9.95. The van der Waals surface area contributed by atoms with Gasteiger partial charge in [0.1, 0.15) is 0 Å². The van der Waals surface area contributed by atoms with E-state index in [0.717, 1.165) is 45.1 Å². The molecule has 0 aromatic rings. The molecule has 0 spiro atoms. The van der Waals surface area contributed by atoms with Gasteiger partial charge in [-0.1, -0.05) is 0 Å². The minimum Gasteiger partial charge on any atom is -0.393 e. The Labute approximate surface area is 97.6 Å². The Morgan fingerprint density at radius 2 is 1.94 bits per heavy atom. The Hall–Kier alpha value is -0.610. The second-order valence-electron chi connectivity index (χ2n) is 4.72. The van der Waals surface area contributed by atoms with Crippen LogP contribution in [-0.4, -0.2) is 30.2 Å². The maximum absolute atomic E-state index is 11.4. The van der Waals surface area contributed by atoms with E-state index in [9.17, 15) is 9.90 Å². The van der Waals surface area contributed by atoms with Crippen molar-refractivity contribution in [3.8, 4) is 0 Å². The number of aliphatic hydroxyl groups excluding tert-OH is 1. The van der Waals surface area contributed by atoms with Gasteiger partial charge in [-0.05, 0) is 51.0 Å². The summed E-state index contributed by atoms with van der Waals surface area (Å²) in [6.45, 7) is 1.43. The fourth-order valence-corrected chi connectivity index (χ4v) is 2.13. The highest BCUT2D eigenvalue weighted by Gasteiger charge is 2.19. The minimum atomic E-state index is -0.114. The smallest absolute Gasteiger partial charge is 0.220 e. The fraction of sp³-hybridized carbons (Fsp3) is 0.917. The van der Waals surface area contributed by atoms with Crippen LogP contribution in [0.4, 0.5) is 0 Å². The summed E-state index contributed by atoms with van der Waals surface area (Å²) in [6, 6.07) is 0. The molecule has 0 unspecified atom stereocenters. The SMILES string of the molecule is NCCCCC(=O)NCC1CCC(O)CC1. The number of hydrogen-bond donors (Lipinski definition) is 3. The number of nitrogens with one attached hydrogen (secondary N) is 1. The summed E-state index contributed by atoms with van der Waals surface area (Å²) < 4.78 is 0. The molecule has 0 aliphatic heterocycles. The van der Waals surface area contributed by atoms with Crippen LogP contribution in [0.1, 0.15) is 44.9 Å². The molecule has 0 aromatic carbocycles. The Balaban J connectivity index is 2.03. The van der Waals surface area contributed by atoms with E-state index in [1.165, 1.54) is 0 Å². The maximum Gasteiger partial charge on any atom is 0.220 e. The molecule has 0 bridgehead atoms. The summed E-state index contributed by atoms with van der Waals surface area (Å²) >= 11 is 0. The molecule has 0 radical (unpaired) electrons. The third-order valence-corrected chi connectivity index (χ3v) is 3.26. The summed E-state index contributed by atoms with van der Waals surface area (Å²) in [4.78, 5) is 11.4. The van der Waals surface area contributed by atoms with Crippen LogP contribution in [0.5, 0.6) is 0 Å². The number of amides is 1. The van der Waals surface area contributed by atoms with Crippen molar-refractivity contribution in [1.82, 2.24) is 5.32 Å². The average molecular weight is 228 g/mol. The molecule has 1 fully saturated rings. The van der Waals surface area contributed by atoms with Gasteiger partial charge in [0, 0.05) is 13.0 Å². The van der Waals surface area contributed by atoms with Crippen LogP contribution in [0.3, 0.4) is 0 Å². The maximum atomic E-state index is 11.4. The van der Waals surface area contributed by atoms with E-state index in [2.05, 4.69) is 5.32 Å². The van der Waals surface area contributed by atoms with Gasteiger partial charge in [-0.2, -0.15) is 0 Å². The van der Waals surface area contributed by atoms with E-state index in [4.69, 9.17) is 5.73 Å². The van der Waals surface area contributed by atoms with Crippen molar-refractivity contribution in [3.05, 3.63) is 0 Å². The quantitative estimate of drug-likeness (QED) is 0.588. The molecule has 0 aromatic heterocycles. The number of aliphatic hydroxyl groups is 1. The number of carbonyl (C=O) groups is 1. The van der Waals surface area contributed by atoms with Crippen LogP contribution in [0.25, 0.3) is 0 Å². The minimum absolute atomic E-state index is 0.114. The van der Waals surface area contributed by atoms with E-state index in [1.807, 2.05) is 0 Å². The van der Waals surface area contributed by atoms with Crippen molar-refractivity contribution in [2.45, 2.75) is 51.0 Å². The lowest BCUT2D eigenvalue weighted by Crippen LogP contribution is -2.32. The molecule has 1 aliphatic rings. The van der Waals surface area contributed by atoms with Gasteiger partial charge in [0.25, 0.3) is 0 Å². The third-order valence-electron chi connectivity index (χ3n) is 3.26. The second-order valence-corrected chi connectivity index (χ2v) is 4.72. The molecule has 4 N–H and O–H groups in total. The van der Waals surface area contributed by atoms with Crippen LogP contribution in [-0.2, 0) is 4.79 Å². The Kier molecular flexibility index (Phi) is 6.42. The second kappa shape index (κ2) is 7.63.